The standard InChI is InChI=1S/C23H39NO6S2/c1-3-8-18(9-4-2)20(26)14-19(25)16-32-31-13-12-30-22(29)24-17-23(15-21(27)28)10-6-5-7-11-23/h18H,3-17H2,1-2H3,(H,24,29)(H,27,28). The molecule has 0 spiro atoms. The number of carbonyl (C=O) groups is 4. The largest absolute Gasteiger partial charge is 0.481 e. The van der Waals surface area contributed by atoms with E-state index in [1.807, 2.05) is 0 Å². The van der Waals surface area contributed by atoms with Crippen LogP contribution in [-0.4, -0.2) is 53.4 Å². The Morgan fingerprint density at radius 2 is 1.69 bits per heavy atom. The van der Waals surface area contributed by atoms with Crippen molar-refractivity contribution < 1.29 is 29.0 Å². The highest BCUT2D eigenvalue weighted by molar-refractivity contribution is 8.76. The van der Waals surface area contributed by atoms with E-state index in [9.17, 15) is 24.3 Å². The number of hydrogen-bond donors (Lipinski definition) is 2. The van der Waals surface area contributed by atoms with Gasteiger partial charge >= 0.3 is 12.1 Å². The molecule has 0 heterocycles. The Morgan fingerprint density at radius 3 is 2.28 bits per heavy atom. The van der Waals surface area contributed by atoms with Gasteiger partial charge in [-0.05, 0) is 31.1 Å². The van der Waals surface area contributed by atoms with Crippen LogP contribution >= 0.6 is 21.6 Å². The molecular weight excluding hydrogens is 450 g/mol. The summed E-state index contributed by atoms with van der Waals surface area (Å²) in [5.41, 5.74) is -0.376. The van der Waals surface area contributed by atoms with Crippen LogP contribution in [0.25, 0.3) is 0 Å². The van der Waals surface area contributed by atoms with Gasteiger partial charge in [0.25, 0.3) is 0 Å². The molecule has 0 aromatic rings. The molecule has 0 radical (unpaired) electrons. The quantitative estimate of drug-likeness (QED) is 0.162. The minimum atomic E-state index is -0.835. The highest BCUT2D eigenvalue weighted by Gasteiger charge is 2.34. The predicted octanol–water partition coefficient (Wildman–Crippen LogP) is 5.26. The fraction of sp³-hybridized carbons (Fsp3) is 0.826. The number of rotatable bonds is 17. The van der Waals surface area contributed by atoms with Crippen LogP contribution in [0, 0.1) is 11.3 Å². The van der Waals surface area contributed by atoms with E-state index in [-0.39, 0.29) is 48.1 Å². The van der Waals surface area contributed by atoms with E-state index in [0.717, 1.165) is 57.8 Å². The fourth-order valence-electron chi connectivity index (χ4n) is 4.24. The van der Waals surface area contributed by atoms with Gasteiger partial charge in [0, 0.05) is 18.2 Å². The third kappa shape index (κ3) is 12.1. The van der Waals surface area contributed by atoms with Crippen LogP contribution in [0.3, 0.4) is 0 Å². The molecule has 9 heteroatoms. The number of ether oxygens (including phenoxy) is 1. The average molecular weight is 490 g/mol. The average Bonchev–Trinajstić information content (AvgIpc) is 2.74. The number of nitrogens with one attached hydrogen (secondary N) is 1. The van der Waals surface area contributed by atoms with Gasteiger partial charge in [-0.2, -0.15) is 0 Å². The van der Waals surface area contributed by atoms with Gasteiger partial charge in [-0.3, -0.25) is 14.4 Å². The molecule has 1 rings (SSSR count). The molecule has 7 nitrogen and oxygen atoms in total. The van der Waals surface area contributed by atoms with Gasteiger partial charge in [-0.15, -0.1) is 0 Å². The SMILES string of the molecule is CCCC(CCC)C(=O)CC(=O)CSSCCOC(=O)NCC1(CC(=O)O)CCCCC1. The topological polar surface area (TPSA) is 110 Å². The van der Waals surface area contributed by atoms with Crippen LogP contribution in [0.5, 0.6) is 0 Å². The Morgan fingerprint density at radius 1 is 1.03 bits per heavy atom. The van der Waals surface area contributed by atoms with Crippen LogP contribution in [0.4, 0.5) is 4.79 Å². The monoisotopic (exact) mass is 489 g/mol. The Balaban J connectivity index is 2.17. The van der Waals surface area contributed by atoms with E-state index in [2.05, 4.69) is 19.2 Å². The first-order chi connectivity index (χ1) is 15.3. The van der Waals surface area contributed by atoms with Gasteiger partial charge in [0.05, 0.1) is 18.6 Å². The maximum absolute atomic E-state index is 12.3. The molecule has 1 saturated carbocycles. The predicted molar refractivity (Wildman–Crippen MR) is 130 cm³/mol. The van der Waals surface area contributed by atoms with Crippen molar-refractivity contribution in [1.29, 1.82) is 0 Å². The first kappa shape index (κ1) is 28.8. The molecule has 1 amide bonds. The van der Waals surface area contributed by atoms with Crippen molar-refractivity contribution in [2.45, 2.75) is 84.5 Å². The number of carbonyl (C=O) groups excluding carboxylic acids is 3. The lowest BCUT2D eigenvalue weighted by Gasteiger charge is -2.36. The van der Waals surface area contributed by atoms with Gasteiger partial charge in [-0.1, -0.05) is 67.5 Å². The summed E-state index contributed by atoms with van der Waals surface area (Å²) in [6.45, 7) is 4.63. The van der Waals surface area contributed by atoms with E-state index in [1.54, 1.807) is 0 Å². The number of ketones is 2. The van der Waals surface area contributed by atoms with Crippen molar-refractivity contribution in [2.75, 3.05) is 24.7 Å². The van der Waals surface area contributed by atoms with Crippen LogP contribution in [0.1, 0.15) is 84.5 Å². The summed E-state index contributed by atoms with van der Waals surface area (Å²) in [4.78, 5) is 47.5. The minimum absolute atomic E-state index is 0.00163. The van der Waals surface area contributed by atoms with Crippen molar-refractivity contribution >= 4 is 45.2 Å². The lowest BCUT2D eigenvalue weighted by Crippen LogP contribution is -2.40. The summed E-state index contributed by atoms with van der Waals surface area (Å²) in [6, 6.07) is 0. The lowest BCUT2D eigenvalue weighted by atomic mass is 9.72. The van der Waals surface area contributed by atoms with Crippen LogP contribution in [0.2, 0.25) is 0 Å². The first-order valence-corrected chi connectivity index (χ1v) is 14.2. The van der Waals surface area contributed by atoms with E-state index in [1.165, 1.54) is 21.6 Å². The van der Waals surface area contributed by atoms with Gasteiger partial charge in [0.1, 0.15) is 12.4 Å². The third-order valence-corrected chi connectivity index (χ3v) is 8.15. The second-order valence-corrected chi connectivity index (χ2v) is 11.2. The molecule has 32 heavy (non-hydrogen) atoms. The molecule has 0 aromatic carbocycles. The zero-order valence-corrected chi connectivity index (χ0v) is 21.1. The zero-order valence-electron chi connectivity index (χ0n) is 19.5. The van der Waals surface area contributed by atoms with Gasteiger partial charge in [-0.25, -0.2) is 4.79 Å². The molecule has 0 saturated heterocycles. The highest BCUT2D eigenvalue weighted by Crippen LogP contribution is 2.38. The maximum Gasteiger partial charge on any atom is 0.407 e. The normalized spacial score (nSPS) is 15.3. The smallest absolute Gasteiger partial charge is 0.407 e. The van der Waals surface area contributed by atoms with Gasteiger partial charge < -0.3 is 15.2 Å². The zero-order chi connectivity index (χ0) is 23.8. The molecule has 184 valence electrons. The van der Waals surface area contributed by atoms with Crippen molar-refractivity contribution in [3.8, 4) is 0 Å². The van der Waals surface area contributed by atoms with E-state index in [0.29, 0.717) is 12.3 Å². The summed E-state index contributed by atoms with van der Waals surface area (Å²) in [5, 5.41) is 11.9. The summed E-state index contributed by atoms with van der Waals surface area (Å²) in [6.07, 6.45) is 7.81. The number of hydrogen-bond acceptors (Lipinski definition) is 7. The Labute approximate surface area is 200 Å². The molecule has 2 N–H and O–H groups in total. The number of Topliss-reactive ketones (excluding diaryl/α,β-unsaturated/α-hetero) is 2. The number of amides is 1. The van der Waals surface area contributed by atoms with Crippen molar-refractivity contribution in [3.63, 3.8) is 0 Å². The lowest BCUT2D eigenvalue weighted by molar-refractivity contribution is -0.140. The molecule has 1 aliphatic carbocycles. The summed E-state index contributed by atoms with van der Waals surface area (Å²) >= 11 is 0. The van der Waals surface area contributed by atoms with Gasteiger partial charge in [0.15, 0.2) is 5.78 Å². The fourth-order valence-corrected chi connectivity index (χ4v) is 6.03. The summed E-state index contributed by atoms with van der Waals surface area (Å²) < 4.78 is 5.17. The van der Waals surface area contributed by atoms with Crippen molar-refractivity contribution in [2.24, 2.45) is 11.3 Å². The molecule has 1 fully saturated rings. The van der Waals surface area contributed by atoms with Crippen LogP contribution in [-0.2, 0) is 19.1 Å². The molecule has 1 aliphatic rings. The number of aliphatic carboxylic acids is 1. The second-order valence-electron chi connectivity index (χ2n) is 8.66. The molecule has 0 bridgehead atoms. The number of alkyl carbamates (subject to hydrolysis) is 1. The van der Waals surface area contributed by atoms with Crippen LogP contribution < -0.4 is 5.32 Å². The maximum atomic E-state index is 12.3. The first-order valence-electron chi connectivity index (χ1n) is 11.7. The Kier molecular flexibility index (Phi) is 14.8. The summed E-state index contributed by atoms with van der Waals surface area (Å²) in [5.74, 6) is -0.0265. The number of carboxylic acids is 1. The second kappa shape index (κ2) is 16.4. The Bertz CT molecular complexity index is 601. The molecule has 0 unspecified atom stereocenters. The van der Waals surface area contributed by atoms with E-state index < -0.39 is 12.1 Å². The van der Waals surface area contributed by atoms with Gasteiger partial charge in [0.2, 0.25) is 0 Å². The molecular formula is C23H39NO6S2. The summed E-state index contributed by atoms with van der Waals surface area (Å²) in [7, 11) is 2.81. The molecule has 0 aromatic heterocycles. The van der Waals surface area contributed by atoms with Crippen LogP contribution in [0.15, 0.2) is 0 Å². The third-order valence-electron chi connectivity index (χ3n) is 5.85. The minimum Gasteiger partial charge on any atom is -0.481 e. The number of carboxylic acid groups (broad SMARTS) is 1. The molecule has 0 aliphatic heterocycles. The van der Waals surface area contributed by atoms with Crippen molar-refractivity contribution in [3.05, 3.63) is 0 Å². The molecule has 0 atom stereocenters. The Hall–Kier alpha value is -1.22. The van der Waals surface area contributed by atoms with E-state index in [4.69, 9.17) is 4.74 Å². The van der Waals surface area contributed by atoms with Crippen molar-refractivity contribution in [1.82, 2.24) is 5.32 Å². The highest BCUT2D eigenvalue weighted by atomic mass is 33.1. The van der Waals surface area contributed by atoms with E-state index >= 15 is 0 Å².